The van der Waals surface area contributed by atoms with Gasteiger partial charge in [-0.25, -0.2) is 0 Å². The molecule has 0 spiro atoms. The molecule has 0 aliphatic carbocycles. The minimum atomic E-state index is -0.859. The van der Waals surface area contributed by atoms with Gasteiger partial charge < -0.3 is 9.84 Å². The van der Waals surface area contributed by atoms with E-state index in [-0.39, 0.29) is 24.7 Å². The van der Waals surface area contributed by atoms with E-state index in [1.165, 1.54) is 7.11 Å². The summed E-state index contributed by atoms with van der Waals surface area (Å²) in [5, 5.41) is 8.54. The molecule has 0 heterocycles. The Bertz CT molecular complexity index is 176. The van der Waals surface area contributed by atoms with Crippen LogP contribution in [-0.4, -0.2) is 24.2 Å². The maximum atomic E-state index is 10.9. The van der Waals surface area contributed by atoms with Gasteiger partial charge in [0, 0.05) is 12.8 Å². The highest BCUT2D eigenvalue weighted by Gasteiger charge is 2.16. The van der Waals surface area contributed by atoms with Crippen molar-refractivity contribution in [1.29, 1.82) is 0 Å². The predicted octanol–water partition coefficient (Wildman–Crippen LogP) is 1.44. The summed E-state index contributed by atoms with van der Waals surface area (Å²) < 4.78 is 4.48. The Morgan fingerprint density at radius 1 is 1.38 bits per heavy atom. The molecule has 0 radical (unpaired) electrons. The van der Waals surface area contributed by atoms with E-state index in [1.807, 2.05) is 6.92 Å². The minimum Gasteiger partial charge on any atom is -0.481 e. The molecule has 0 aliphatic heterocycles. The summed E-state index contributed by atoms with van der Waals surface area (Å²) in [6.45, 7) is 1.96. The molecule has 76 valence electrons. The molecule has 0 aromatic carbocycles. The lowest BCUT2D eigenvalue weighted by Crippen LogP contribution is -2.13. The average Bonchev–Trinajstić information content (AvgIpc) is 2.03. The maximum Gasteiger partial charge on any atom is 0.305 e. The molecule has 13 heavy (non-hydrogen) atoms. The van der Waals surface area contributed by atoms with Crippen LogP contribution in [0.25, 0.3) is 0 Å². The number of carboxylic acid groups (broad SMARTS) is 1. The van der Waals surface area contributed by atoms with Crippen LogP contribution in [-0.2, 0) is 14.3 Å². The van der Waals surface area contributed by atoms with Crippen LogP contribution in [0, 0.1) is 5.92 Å². The van der Waals surface area contributed by atoms with Gasteiger partial charge in [-0.2, -0.15) is 0 Å². The van der Waals surface area contributed by atoms with Crippen molar-refractivity contribution in [3.8, 4) is 0 Å². The molecule has 0 aromatic rings. The molecule has 1 unspecified atom stereocenters. The number of aliphatic carboxylic acids is 1. The van der Waals surface area contributed by atoms with E-state index in [2.05, 4.69) is 4.74 Å². The summed E-state index contributed by atoms with van der Waals surface area (Å²) in [6, 6.07) is 0. The summed E-state index contributed by atoms with van der Waals surface area (Å²) in [4.78, 5) is 21.3. The van der Waals surface area contributed by atoms with Gasteiger partial charge in [-0.15, -0.1) is 0 Å². The molecule has 0 aliphatic rings. The second-order valence-corrected chi connectivity index (χ2v) is 3.03. The van der Waals surface area contributed by atoms with Crippen molar-refractivity contribution in [2.75, 3.05) is 7.11 Å². The number of carbonyl (C=O) groups excluding carboxylic acids is 1. The Morgan fingerprint density at radius 3 is 2.38 bits per heavy atom. The zero-order chi connectivity index (χ0) is 10.3. The number of esters is 1. The summed E-state index contributed by atoms with van der Waals surface area (Å²) in [5.74, 6) is -1.28. The lowest BCUT2D eigenvalue weighted by atomic mass is 9.96. The number of hydrogen-bond donors (Lipinski definition) is 1. The van der Waals surface area contributed by atoms with Crippen molar-refractivity contribution in [1.82, 2.24) is 0 Å². The molecule has 0 rings (SSSR count). The van der Waals surface area contributed by atoms with Crippen LogP contribution in [0.4, 0.5) is 0 Å². The summed E-state index contributed by atoms with van der Waals surface area (Å²) in [7, 11) is 1.31. The Labute approximate surface area is 77.9 Å². The summed E-state index contributed by atoms with van der Waals surface area (Å²) in [6.07, 6.45) is 1.88. The highest BCUT2D eigenvalue weighted by molar-refractivity contribution is 5.72. The molecule has 0 aromatic heterocycles. The Hall–Kier alpha value is -1.06. The monoisotopic (exact) mass is 188 g/mol. The van der Waals surface area contributed by atoms with Crippen LogP contribution in [0.3, 0.4) is 0 Å². The average molecular weight is 188 g/mol. The fourth-order valence-electron chi connectivity index (χ4n) is 1.25. The van der Waals surface area contributed by atoms with E-state index in [4.69, 9.17) is 5.11 Å². The first-order valence-corrected chi connectivity index (χ1v) is 4.38. The second-order valence-electron chi connectivity index (χ2n) is 3.03. The third-order valence-electron chi connectivity index (χ3n) is 1.84. The van der Waals surface area contributed by atoms with Gasteiger partial charge in [0.25, 0.3) is 0 Å². The van der Waals surface area contributed by atoms with E-state index < -0.39 is 5.97 Å². The fourth-order valence-corrected chi connectivity index (χ4v) is 1.25. The Morgan fingerprint density at radius 2 is 2.00 bits per heavy atom. The standard InChI is InChI=1S/C9H16O4/c1-3-4-7(5-8(10)11)6-9(12)13-2/h7H,3-6H2,1-2H3,(H,10,11). The van der Waals surface area contributed by atoms with Gasteiger partial charge in [0.15, 0.2) is 0 Å². The molecule has 0 saturated carbocycles. The third-order valence-corrected chi connectivity index (χ3v) is 1.84. The summed E-state index contributed by atoms with van der Waals surface area (Å²) >= 11 is 0. The number of rotatable bonds is 6. The molecule has 0 amide bonds. The van der Waals surface area contributed by atoms with Crippen molar-refractivity contribution < 1.29 is 19.4 Å². The van der Waals surface area contributed by atoms with Crippen LogP contribution >= 0.6 is 0 Å². The van der Waals surface area contributed by atoms with Gasteiger partial charge in [0.2, 0.25) is 0 Å². The van der Waals surface area contributed by atoms with Gasteiger partial charge in [-0.3, -0.25) is 9.59 Å². The van der Waals surface area contributed by atoms with Crippen molar-refractivity contribution in [3.05, 3.63) is 0 Å². The number of methoxy groups -OCH3 is 1. The van der Waals surface area contributed by atoms with Crippen LogP contribution in [0.15, 0.2) is 0 Å². The van der Waals surface area contributed by atoms with Crippen LogP contribution in [0.2, 0.25) is 0 Å². The zero-order valence-corrected chi connectivity index (χ0v) is 8.08. The van der Waals surface area contributed by atoms with Crippen LogP contribution in [0.1, 0.15) is 32.6 Å². The van der Waals surface area contributed by atoms with Gasteiger partial charge in [-0.1, -0.05) is 13.3 Å². The molecular weight excluding hydrogens is 172 g/mol. The molecular formula is C9H16O4. The minimum absolute atomic E-state index is 0.0446. The second kappa shape index (κ2) is 6.46. The lowest BCUT2D eigenvalue weighted by molar-refractivity contribution is -0.143. The molecule has 1 atom stereocenters. The zero-order valence-electron chi connectivity index (χ0n) is 8.08. The van der Waals surface area contributed by atoms with Gasteiger partial charge in [-0.05, 0) is 12.3 Å². The first-order chi connectivity index (χ1) is 6.10. The van der Waals surface area contributed by atoms with E-state index in [9.17, 15) is 9.59 Å². The smallest absolute Gasteiger partial charge is 0.305 e. The first-order valence-electron chi connectivity index (χ1n) is 4.38. The first kappa shape index (κ1) is 11.9. The number of carboxylic acids is 1. The normalized spacial score (nSPS) is 12.2. The lowest BCUT2D eigenvalue weighted by Gasteiger charge is -2.11. The SMILES string of the molecule is CCCC(CC(=O)O)CC(=O)OC. The number of carbonyl (C=O) groups is 2. The van der Waals surface area contributed by atoms with Crippen LogP contribution in [0.5, 0.6) is 0 Å². The van der Waals surface area contributed by atoms with Gasteiger partial charge >= 0.3 is 11.9 Å². The van der Waals surface area contributed by atoms with Gasteiger partial charge in [0.05, 0.1) is 7.11 Å². The number of ether oxygens (including phenoxy) is 1. The van der Waals surface area contributed by atoms with E-state index >= 15 is 0 Å². The largest absolute Gasteiger partial charge is 0.481 e. The molecule has 4 heteroatoms. The van der Waals surface area contributed by atoms with Crippen molar-refractivity contribution in [3.63, 3.8) is 0 Å². The van der Waals surface area contributed by atoms with Crippen molar-refractivity contribution in [2.45, 2.75) is 32.6 Å². The van der Waals surface area contributed by atoms with E-state index in [1.54, 1.807) is 0 Å². The van der Waals surface area contributed by atoms with Crippen molar-refractivity contribution >= 4 is 11.9 Å². The fraction of sp³-hybridized carbons (Fsp3) is 0.778. The quantitative estimate of drug-likeness (QED) is 0.640. The van der Waals surface area contributed by atoms with Gasteiger partial charge in [0.1, 0.15) is 0 Å². The Kier molecular flexibility index (Phi) is 5.93. The van der Waals surface area contributed by atoms with E-state index in [0.717, 1.165) is 12.8 Å². The highest BCUT2D eigenvalue weighted by Crippen LogP contribution is 2.16. The molecule has 1 N–H and O–H groups in total. The molecule has 4 nitrogen and oxygen atoms in total. The van der Waals surface area contributed by atoms with Crippen LogP contribution < -0.4 is 0 Å². The summed E-state index contributed by atoms with van der Waals surface area (Å²) in [5.41, 5.74) is 0. The molecule has 0 saturated heterocycles. The third kappa shape index (κ3) is 6.13. The Balaban J connectivity index is 3.93. The number of hydrogen-bond acceptors (Lipinski definition) is 3. The molecule has 0 fully saturated rings. The van der Waals surface area contributed by atoms with Crippen molar-refractivity contribution in [2.24, 2.45) is 5.92 Å². The van der Waals surface area contributed by atoms with E-state index in [0.29, 0.717) is 0 Å². The molecule has 0 bridgehead atoms. The topological polar surface area (TPSA) is 63.6 Å². The predicted molar refractivity (Wildman–Crippen MR) is 47.3 cm³/mol. The highest BCUT2D eigenvalue weighted by atomic mass is 16.5. The maximum absolute atomic E-state index is 10.9.